The molecule has 0 bridgehead atoms. The SMILES string of the molecule is COC=CCC(C)CCC=C(C)C. The summed E-state index contributed by atoms with van der Waals surface area (Å²) in [6.45, 7) is 6.57. The van der Waals surface area contributed by atoms with Crippen molar-refractivity contribution in [2.45, 2.75) is 40.0 Å². The predicted molar refractivity (Wildman–Crippen MR) is 58.6 cm³/mol. The Hall–Kier alpha value is -0.720. The summed E-state index contributed by atoms with van der Waals surface area (Å²) in [4.78, 5) is 0. The summed E-state index contributed by atoms with van der Waals surface area (Å²) in [5, 5.41) is 0. The molecule has 0 spiro atoms. The minimum absolute atomic E-state index is 0.752. The Morgan fingerprint density at radius 2 is 2.08 bits per heavy atom. The number of rotatable bonds is 6. The molecular weight excluding hydrogens is 160 g/mol. The Morgan fingerprint density at radius 3 is 2.62 bits per heavy atom. The smallest absolute Gasteiger partial charge is 0.0784 e. The fraction of sp³-hybridized carbons (Fsp3) is 0.667. The van der Waals surface area contributed by atoms with Gasteiger partial charge in [0.15, 0.2) is 0 Å². The van der Waals surface area contributed by atoms with Gasteiger partial charge in [0.2, 0.25) is 0 Å². The van der Waals surface area contributed by atoms with Gasteiger partial charge in [-0.3, -0.25) is 0 Å². The third-order valence-electron chi connectivity index (χ3n) is 1.98. The van der Waals surface area contributed by atoms with Gasteiger partial charge in [-0.25, -0.2) is 0 Å². The quantitative estimate of drug-likeness (QED) is 0.447. The lowest BCUT2D eigenvalue weighted by Crippen LogP contribution is -1.91. The number of allylic oxidation sites excluding steroid dienone is 3. The van der Waals surface area contributed by atoms with Crippen molar-refractivity contribution >= 4 is 0 Å². The van der Waals surface area contributed by atoms with E-state index in [0.717, 1.165) is 12.3 Å². The Balaban J connectivity index is 3.46. The highest BCUT2D eigenvalue weighted by Gasteiger charge is 1.97. The molecule has 1 unspecified atom stereocenters. The van der Waals surface area contributed by atoms with Crippen molar-refractivity contribution < 1.29 is 4.74 Å². The molecule has 0 radical (unpaired) electrons. The molecule has 0 saturated carbocycles. The van der Waals surface area contributed by atoms with Crippen LogP contribution in [0.2, 0.25) is 0 Å². The lowest BCUT2D eigenvalue weighted by atomic mass is 10.0. The minimum atomic E-state index is 0.752. The monoisotopic (exact) mass is 182 g/mol. The van der Waals surface area contributed by atoms with Crippen LogP contribution in [0.1, 0.15) is 40.0 Å². The molecule has 76 valence electrons. The van der Waals surface area contributed by atoms with Crippen LogP contribution in [-0.2, 0) is 4.74 Å². The van der Waals surface area contributed by atoms with E-state index in [-0.39, 0.29) is 0 Å². The Bertz CT molecular complexity index is 164. The Labute approximate surface area is 82.5 Å². The molecular formula is C12H22O. The van der Waals surface area contributed by atoms with Gasteiger partial charge in [0.25, 0.3) is 0 Å². The topological polar surface area (TPSA) is 9.23 Å². The summed E-state index contributed by atoms with van der Waals surface area (Å²) < 4.78 is 4.84. The van der Waals surface area contributed by atoms with Gasteiger partial charge in [0.1, 0.15) is 0 Å². The van der Waals surface area contributed by atoms with E-state index in [9.17, 15) is 0 Å². The van der Waals surface area contributed by atoms with Crippen molar-refractivity contribution in [1.82, 2.24) is 0 Å². The highest BCUT2D eigenvalue weighted by molar-refractivity contribution is 4.93. The molecule has 0 heterocycles. The first-order valence-electron chi connectivity index (χ1n) is 4.98. The van der Waals surface area contributed by atoms with Gasteiger partial charge in [-0.1, -0.05) is 18.6 Å². The second kappa shape index (κ2) is 7.90. The number of ether oxygens (including phenoxy) is 1. The molecule has 0 aliphatic heterocycles. The third-order valence-corrected chi connectivity index (χ3v) is 1.98. The highest BCUT2D eigenvalue weighted by atomic mass is 16.5. The fourth-order valence-electron chi connectivity index (χ4n) is 1.16. The number of hydrogen-bond donors (Lipinski definition) is 0. The van der Waals surface area contributed by atoms with Crippen molar-refractivity contribution in [2.24, 2.45) is 5.92 Å². The predicted octanol–water partition coefficient (Wildman–Crippen LogP) is 3.92. The van der Waals surface area contributed by atoms with Crippen LogP contribution in [0.5, 0.6) is 0 Å². The van der Waals surface area contributed by atoms with Crippen molar-refractivity contribution in [1.29, 1.82) is 0 Å². The first kappa shape index (κ1) is 12.3. The van der Waals surface area contributed by atoms with Gasteiger partial charge < -0.3 is 4.74 Å². The maximum atomic E-state index is 4.84. The standard InChI is InChI=1S/C12H22O/c1-11(2)7-5-8-12(3)9-6-10-13-4/h6-7,10,12H,5,8-9H2,1-4H3. The van der Waals surface area contributed by atoms with Crippen LogP contribution in [0.25, 0.3) is 0 Å². The Kier molecular flexibility index (Phi) is 7.47. The molecule has 0 aliphatic carbocycles. The maximum absolute atomic E-state index is 4.84. The summed E-state index contributed by atoms with van der Waals surface area (Å²) in [5.74, 6) is 0.752. The summed E-state index contributed by atoms with van der Waals surface area (Å²) in [6.07, 6.45) is 9.73. The van der Waals surface area contributed by atoms with Crippen LogP contribution in [-0.4, -0.2) is 7.11 Å². The highest BCUT2D eigenvalue weighted by Crippen LogP contribution is 2.12. The van der Waals surface area contributed by atoms with E-state index in [1.54, 1.807) is 13.4 Å². The van der Waals surface area contributed by atoms with Crippen LogP contribution in [0.15, 0.2) is 24.0 Å². The average molecular weight is 182 g/mol. The van der Waals surface area contributed by atoms with E-state index < -0.39 is 0 Å². The van der Waals surface area contributed by atoms with Crippen LogP contribution >= 0.6 is 0 Å². The zero-order valence-corrected chi connectivity index (χ0v) is 9.34. The van der Waals surface area contributed by atoms with Crippen molar-refractivity contribution in [2.75, 3.05) is 7.11 Å². The molecule has 0 aromatic carbocycles. The molecule has 0 aromatic heterocycles. The largest absolute Gasteiger partial charge is 0.505 e. The minimum Gasteiger partial charge on any atom is -0.505 e. The van der Waals surface area contributed by atoms with Gasteiger partial charge in [-0.2, -0.15) is 0 Å². The van der Waals surface area contributed by atoms with Crippen molar-refractivity contribution in [3.63, 3.8) is 0 Å². The van der Waals surface area contributed by atoms with Crippen molar-refractivity contribution in [3.8, 4) is 0 Å². The second-order valence-electron chi connectivity index (χ2n) is 3.81. The summed E-state index contributed by atoms with van der Waals surface area (Å²) in [5.41, 5.74) is 1.42. The molecule has 0 aromatic rings. The van der Waals surface area contributed by atoms with Crippen LogP contribution in [0.3, 0.4) is 0 Å². The molecule has 13 heavy (non-hydrogen) atoms. The van der Waals surface area contributed by atoms with E-state index in [1.807, 2.05) is 0 Å². The molecule has 1 heteroatoms. The van der Waals surface area contributed by atoms with E-state index >= 15 is 0 Å². The molecule has 0 saturated heterocycles. The second-order valence-corrected chi connectivity index (χ2v) is 3.81. The van der Waals surface area contributed by atoms with E-state index in [1.165, 1.54) is 18.4 Å². The molecule has 0 rings (SSSR count). The molecule has 0 fully saturated rings. The van der Waals surface area contributed by atoms with Gasteiger partial charge in [0, 0.05) is 0 Å². The zero-order chi connectivity index (χ0) is 10.1. The molecule has 1 nitrogen and oxygen atoms in total. The third kappa shape index (κ3) is 9.19. The number of hydrogen-bond acceptors (Lipinski definition) is 1. The fourth-order valence-corrected chi connectivity index (χ4v) is 1.16. The van der Waals surface area contributed by atoms with Crippen molar-refractivity contribution in [3.05, 3.63) is 24.0 Å². The number of methoxy groups -OCH3 is 1. The molecule has 0 aliphatic rings. The summed E-state index contributed by atoms with van der Waals surface area (Å²) in [7, 11) is 1.68. The van der Waals surface area contributed by atoms with Crippen LogP contribution < -0.4 is 0 Å². The van der Waals surface area contributed by atoms with E-state index in [2.05, 4.69) is 32.9 Å². The van der Waals surface area contributed by atoms with Crippen LogP contribution in [0.4, 0.5) is 0 Å². The normalized spacial score (nSPS) is 12.9. The average Bonchev–Trinajstić information content (AvgIpc) is 2.04. The van der Waals surface area contributed by atoms with E-state index in [0.29, 0.717) is 0 Å². The molecule has 0 amide bonds. The molecule has 1 atom stereocenters. The Morgan fingerprint density at radius 1 is 1.38 bits per heavy atom. The van der Waals surface area contributed by atoms with E-state index in [4.69, 9.17) is 4.74 Å². The lowest BCUT2D eigenvalue weighted by molar-refractivity contribution is 0.335. The summed E-state index contributed by atoms with van der Waals surface area (Å²) in [6, 6.07) is 0. The first-order chi connectivity index (χ1) is 6.16. The first-order valence-corrected chi connectivity index (χ1v) is 4.98. The molecule has 0 N–H and O–H groups in total. The van der Waals surface area contributed by atoms with Gasteiger partial charge in [-0.15, -0.1) is 0 Å². The van der Waals surface area contributed by atoms with Crippen LogP contribution in [0, 0.1) is 5.92 Å². The summed E-state index contributed by atoms with van der Waals surface area (Å²) >= 11 is 0. The van der Waals surface area contributed by atoms with Gasteiger partial charge in [0.05, 0.1) is 13.4 Å². The maximum Gasteiger partial charge on any atom is 0.0784 e. The zero-order valence-electron chi connectivity index (χ0n) is 9.34. The van der Waals surface area contributed by atoms with Gasteiger partial charge in [-0.05, 0) is 45.1 Å². The lowest BCUT2D eigenvalue weighted by Gasteiger charge is -2.05. The van der Waals surface area contributed by atoms with Gasteiger partial charge >= 0.3 is 0 Å².